The van der Waals surface area contributed by atoms with Gasteiger partial charge in [-0.3, -0.25) is 9.59 Å². The Kier molecular flexibility index (Phi) is 3.68. The number of amides is 1. The highest BCUT2D eigenvalue weighted by molar-refractivity contribution is 5.86. The van der Waals surface area contributed by atoms with Crippen molar-refractivity contribution in [1.82, 2.24) is 4.90 Å². The number of likely N-dealkylation sites (tertiary alicyclic amines) is 1. The Morgan fingerprint density at radius 1 is 1.60 bits per heavy atom. The minimum atomic E-state index is -0.939. The van der Waals surface area contributed by atoms with Gasteiger partial charge in [-0.15, -0.1) is 0 Å². The predicted molar refractivity (Wildman–Crippen MR) is 53.2 cm³/mol. The Hall–Kier alpha value is -1.10. The average Bonchev–Trinajstić information content (AvgIpc) is 2.49. The number of carbonyl (C=O) groups is 2. The van der Waals surface area contributed by atoms with E-state index in [0.717, 1.165) is 0 Å². The standard InChI is InChI=1S/C10H17NO4/c1-6(2)8(5-12)11-4-7(10(14)15)3-9(11)13/h6-8,12H,3-5H2,1-2H3,(H,14,15). The Labute approximate surface area is 88.7 Å². The van der Waals surface area contributed by atoms with Crippen LogP contribution in [0.5, 0.6) is 0 Å². The van der Waals surface area contributed by atoms with E-state index >= 15 is 0 Å². The molecule has 1 aliphatic heterocycles. The van der Waals surface area contributed by atoms with Gasteiger partial charge in [0.1, 0.15) is 0 Å². The summed E-state index contributed by atoms with van der Waals surface area (Å²) in [5.41, 5.74) is 0. The number of rotatable bonds is 4. The van der Waals surface area contributed by atoms with E-state index in [1.165, 1.54) is 4.90 Å². The molecule has 2 N–H and O–H groups in total. The van der Waals surface area contributed by atoms with Crippen LogP contribution in [0.3, 0.4) is 0 Å². The molecule has 1 fully saturated rings. The van der Waals surface area contributed by atoms with Gasteiger partial charge in [0.2, 0.25) is 5.91 Å². The molecule has 86 valence electrons. The molecule has 0 saturated carbocycles. The molecule has 5 heteroatoms. The van der Waals surface area contributed by atoms with E-state index in [-0.39, 0.29) is 37.4 Å². The lowest BCUT2D eigenvalue weighted by molar-refractivity contribution is -0.141. The number of aliphatic carboxylic acids is 1. The number of carboxylic acid groups (broad SMARTS) is 1. The third-order valence-electron chi connectivity index (χ3n) is 2.86. The molecule has 0 aromatic carbocycles. The quantitative estimate of drug-likeness (QED) is 0.688. The van der Waals surface area contributed by atoms with Gasteiger partial charge < -0.3 is 15.1 Å². The zero-order valence-electron chi connectivity index (χ0n) is 9.01. The molecule has 1 saturated heterocycles. The van der Waals surface area contributed by atoms with Crippen molar-refractivity contribution in [3.8, 4) is 0 Å². The van der Waals surface area contributed by atoms with Crippen molar-refractivity contribution in [2.75, 3.05) is 13.2 Å². The van der Waals surface area contributed by atoms with Gasteiger partial charge >= 0.3 is 5.97 Å². The van der Waals surface area contributed by atoms with Crippen LogP contribution in [-0.2, 0) is 9.59 Å². The third kappa shape index (κ3) is 2.47. The summed E-state index contributed by atoms with van der Waals surface area (Å²) in [7, 11) is 0. The van der Waals surface area contributed by atoms with Gasteiger partial charge in [-0.05, 0) is 5.92 Å². The maximum Gasteiger partial charge on any atom is 0.308 e. The van der Waals surface area contributed by atoms with Crippen LogP contribution < -0.4 is 0 Å². The summed E-state index contributed by atoms with van der Waals surface area (Å²) in [6, 6.07) is -0.262. The van der Waals surface area contributed by atoms with Gasteiger partial charge in [-0.1, -0.05) is 13.8 Å². The monoisotopic (exact) mass is 215 g/mol. The molecule has 0 bridgehead atoms. The van der Waals surface area contributed by atoms with Gasteiger partial charge in [0, 0.05) is 13.0 Å². The van der Waals surface area contributed by atoms with E-state index < -0.39 is 11.9 Å². The van der Waals surface area contributed by atoms with E-state index in [0.29, 0.717) is 0 Å². The molecule has 2 atom stereocenters. The van der Waals surface area contributed by atoms with Crippen LogP contribution in [-0.4, -0.2) is 46.2 Å². The second-order valence-electron chi connectivity index (χ2n) is 4.28. The maximum atomic E-state index is 11.5. The number of hydrogen-bond acceptors (Lipinski definition) is 3. The predicted octanol–water partition coefficient (Wildman–Crippen LogP) is -0.0636. The first-order valence-corrected chi connectivity index (χ1v) is 5.10. The molecule has 0 radical (unpaired) electrons. The third-order valence-corrected chi connectivity index (χ3v) is 2.86. The summed E-state index contributed by atoms with van der Waals surface area (Å²) in [5.74, 6) is -1.60. The summed E-state index contributed by atoms with van der Waals surface area (Å²) in [6.07, 6.45) is 0.0541. The Balaban J connectivity index is 2.71. The first-order chi connectivity index (χ1) is 6.97. The molecule has 0 aromatic rings. The van der Waals surface area contributed by atoms with Crippen molar-refractivity contribution in [3.63, 3.8) is 0 Å². The lowest BCUT2D eigenvalue weighted by Gasteiger charge is -2.29. The summed E-state index contributed by atoms with van der Waals surface area (Å²) in [6.45, 7) is 3.91. The van der Waals surface area contributed by atoms with E-state index in [1.54, 1.807) is 0 Å². The minimum Gasteiger partial charge on any atom is -0.481 e. The van der Waals surface area contributed by atoms with Gasteiger partial charge in [0.15, 0.2) is 0 Å². The first-order valence-electron chi connectivity index (χ1n) is 5.10. The van der Waals surface area contributed by atoms with Gasteiger partial charge in [0.05, 0.1) is 18.6 Å². The first kappa shape index (κ1) is 12.0. The molecule has 0 spiro atoms. The van der Waals surface area contributed by atoms with Crippen LogP contribution in [0.15, 0.2) is 0 Å². The van der Waals surface area contributed by atoms with E-state index in [1.807, 2.05) is 13.8 Å². The average molecular weight is 215 g/mol. The number of nitrogens with zero attached hydrogens (tertiary/aromatic N) is 1. The molecule has 1 aliphatic rings. The zero-order chi connectivity index (χ0) is 11.6. The number of aliphatic hydroxyl groups excluding tert-OH is 1. The summed E-state index contributed by atoms with van der Waals surface area (Å²) in [4.78, 5) is 23.8. The van der Waals surface area contributed by atoms with Gasteiger partial charge in [0.25, 0.3) is 0 Å². The SMILES string of the molecule is CC(C)C(CO)N1CC(C(=O)O)CC1=O. The molecule has 1 rings (SSSR count). The van der Waals surface area contributed by atoms with E-state index in [4.69, 9.17) is 10.2 Å². The lowest BCUT2D eigenvalue weighted by atomic mass is 10.0. The highest BCUT2D eigenvalue weighted by Gasteiger charge is 2.38. The Morgan fingerprint density at radius 2 is 2.20 bits per heavy atom. The Bertz CT molecular complexity index is 264. The van der Waals surface area contributed by atoms with Gasteiger partial charge in [-0.2, -0.15) is 0 Å². The molecule has 2 unspecified atom stereocenters. The zero-order valence-corrected chi connectivity index (χ0v) is 9.01. The van der Waals surface area contributed by atoms with Gasteiger partial charge in [-0.25, -0.2) is 0 Å². The molecular formula is C10H17NO4. The van der Waals surface area contributed by atoms with Crippen molar-refractivity contribution < 1.29 is 19.8 Å². The maximum absolute atomic E-state index is 11.5. The van der Waals surface area contributed by atoms with Crippen molar-refractivity contribution in [2.24, 2.45) is 11.8 Å². The molecule has 5 nitrogen and oxygen atoms in total. The minimum absolute atomic E-state index is 0.0541. The Morgan fingerprint density at radius 3 is 2.53 bits per heavy atom. The summed E-state index contributed by atoms with van der Waals surface area (Å²) >= 11 is 0. The fourth-order valence-electron chi connectivity index (χ4n) is 1.89. The highest BCUT2D eigenvalue weighted by atomic mass is 16.4. The second-order valence-corrected chi connectivity index (χ2v) is 4.28. The van der Waals surface area contributed by atoms with Crippen molar-refractivity contribution >= 4 is 11.9 Å². The van der Waals surface area contributed by atoms with E-state index in [9.17, 15) is 9.59 Å². The smallest absolute Gasteiger partial charge is 0.308 e. The number of carbonyl (C=O) groups excluding carboxylic acids is 1. The van der Waals surface area contributed by atoms with Crippen molar-refractivity contribution in [2.45, 2.75) is 26.3 Å². The van der Waals surface area contributed by atoms with E-state index in [2.05, 4.69) is 0 Å². The molecule has 1 heterocycles. The fourth-order valence-corrected chi connectivity index (χ4v) is 1.89. The molecule has 0 aliphatic carbocycles. The van der Waals surface area contributed by atoms with Crippen LogP contribution in [0.4, 0.5) is 0 Å². The largest absolute Gasteiger partial charge is 0.481 e. The fraction of sp³-hybridized carbons (Fsp3) is 0.800. The van der Waals surface area contributed by atoms with Crippen molar-refractivity contribution in [1.29, 1.82) is 0 Å². The van der Waals surface area contributed by atoms with Crippen LogP contribution in [0.2, 0.25) is 0 Å². The number of hydrogen-bond donors (Lipinski definition) is 2. The molecule has 1 amide bonds. The second kappa shape index (κ2) is 4.61. The lowest BCUT2D eigenvalue weighted by Crippen LogP contribution is -2.42. The number of aliphatic hydroxyl groups is 1. The van der Waals surface area contributed by atoms with Crippen molar-refractivity contribution in [3.05, 3.63) is 0 Å². The van der Waals surface area contributed by atoms with Crippen LogP contribution in [0.1, 0.15) is 20.3 Å². The van der Waals surface area contributed by atoms with Crippen LogP contribution in [0.25, 0.3) is 0 Å². The molecule has 15 heavy (non-hydrogen) atoms. The van der Waals surface area contributed by atoms with Crippen LogP contribution in [0, 0.1) is 11.8 Å². The summed E-state index contributed by atoms with van der Waals surface area (Å²) < 4.78 is 0. The van der Waals surface area contributed by atoms with Crippen LogP contribution >= 0.6 is 0 Å². The summed E-state index contributed by atoms with van der Waals surface area (Å²) in [5, 5.41) is 18.0. The topological polar surface area (TPSA) is 77.8 Å². The highest BCUT2D eigenvalue weighted by Crippen LogP contribution is 2.23. The normalized spacial score (nSPS) is 23.6. The number of carboxylic acids is 1. The molecule has 0 aromatic heterocycles. The molecular weight excluding hydrogens is 198 g/mol.